The molecule has 2 aromatic rings. The molecule has 0 fully saturated rings. The Hall–Kier alpha value is -2.76. The summed E-state index contributed by atoms with van der Waals surface area (Å²) in [6.45, 7) is 9.17. The lowest BCUT2D eigenvalue weighted by atomic mass is 10.1. The zero-order valence-corrected chi connectivity index (χ0v) is 15.7. The van der Waals surface area contributed by atoms with Crippen molar-refractivity contribution in [2.45, 2.75) is 33.7 Å². The van der Waals surface area contributed by atoms with Crippen molar-refractivity contribution < 1.29 is 19.0 Å². The lowest BCUT2D eigenvalue weighted by Crippen LogP contribution is -2.27. The Bertz CT molecular complexity index is 734. The first-order valence-corrected chi connectivity index (χ1v) is 8.88. The summed E-state index contributed by atoms with van der Waals surface area (Å²) in [6.07, 6.45) is 1.60. The van der Waals surface area contributed by atoms with Crippen molar-refractivity contribution in [3.8, 4) is 17.4 Å². The van der Waals surface area contributed by atoms with Gasteiger partial charge in [-0.2, -0.15) is 0 Å². The molecule has 0 aliphatic heterocycles. The van der Waals surface area contributed by atoms with E-state index in [1.807, 2.05) is 45.9 Å². The largest absolute Gasteiger partial charge is 0.490 e. The molecule has 2 rings (SSSR count). The van der Waals surface area contributed by atoms with Crippen molar-refractivity contribution in [3.05, 3.63) is 47.7 Å². The van der Waals surface area contributed by atoms with Gasteiger partial charge in [0.05, 0.1) is 25.9 Å². The molecule has 6 heteroatoms. The standard InChI is InChI=1S/C20H26N2O4/c1-5-24-17-11-10-15(13-18(17)25-6-2)14(4)22-19(23)16-9-8-12-21-20(16)26-7-3/h8-14H,5-7H2,1-4H3,(H,22,23)/t14-/m1/s1. The summed E-state index contributed by atoms with van der Waals surface area (Å²) >= 11 is 0. The second-order valence-corrected chi connectivity index (χ2v) is 5.56. The molecule has 0 spiro atoms. The summed E-state index contributed by atoms with van der Waals surface area (Å²) in [5, 5.41) is 2.98. The third-order valence-electron chi connectivity index (χ3n) is 3.71. The highest BCUT2D eigenvalue weighted by molar-refractivity contribution is 5.96. The second-order valence-electron chi connectivity index (χ2n) is 5.56. The maximum absolute atomic E-state index is 12.6. The van der Waals surface area contributed by atoms with Crippen molar-refractivity contribution in [1.82, 2.24) is 10.3 Å². The predicted octanol–water partition coefficient (Wildman–Crippen LogP) is 3.77. The van der Waals surface area contributed by atoms with Gasteiger partial charge in [-0.25, -0.2) is 4.98 Å². The average molecular weight is 358 g/mol. The van der Waals surface area contributed by atoms with Crippen molar-refractivity contribution >= 4 is 5.91 Å². The minimum Gasteiger partial charge on any atom is -0.490 e. The SMILES string of the molecule is CCOc1ccc([C@@H](C)NC(=O)c2cccnc2OCC)cc1OCC. The highest BCUT2D eigenvalue weighted by atomic mass is 16.5. The zero-order chi connectivity index (χ0) is 18.9. The molecule has 0 saturated carbocycles. The normalized spacial score (nSPS) is 11.5. The Balaban J connectivity index is 2.17. The lowest BCUT2D eigenvalue weighted by Gasteiger charge is -2.18. The first-order valence-electron chi connectivity index (χ1n) is 8.88. The number of rotatable bonds is 9. The molecule has 26 heavy (non-hydrogen) atoms. The van der Waals surface area contributed by atoms with E-state index in [0.29, 0.717) is 42.8 Å². The van der Waals surface area contributed by atoms with Crippen molar-refractivity contribution in [2.75, 3.05) is 19.8 Å². The van der Waals surface area contributed by atoms with Gasteiger partial charge in [-0.15, -0.1) is 0 Å². The van der Waals surface area contributed by atoms with E-state index in [0.717, 1.165) is 5.56 Å². The number of hydrogen-bond donors (Lipinski definition) is 1. The molecular weight excluding hydrogens is 332 g/mol. The average Bonchev–Trinajstić information content (AvgIpc) is 2.64. The Kier molecular flexibility index (Phi) is 7.26. The number of nitrogens with one attached hydrogen (secondary N) is 1. The number of benzene rings is 1. The molecule has 1 aromatic heterocycles. The van der Waals surface area contributed by atoms with Crippen molar-refractivity contribution in [3.63, 3.8) is 0 Å². The molecule has 1 N–H and O–H groups in total. The third-order valence-corrected chi connectivity index (χ3v) is 3.71. The molecule has 140 valence electrons. The fourth-order valence-corrected chi connectivity index (χ4v) is 2.51. The van der Waals surface area contributed by atoms with Gasteiger partial charge < -0.3 is 19.5 Å². The summed E-state index contributed by atoms with van der Waals surface area (Å²) in [5.41, 5.74) is 1.34. The highest BCUT2D eigenvalue weighted by Gasteiger charge is 2.17. The molecule has 0 radical (unpaired) electrons. The van der Waals surface area contributed by atoms with Gasteiger partial charge in [0.15, 0.2) is 11.5 Å². The molecule has 6 nitrogen and oxygen atoms in total. The van der Waals surface area contributed by atoms with Gasteiger partial charge in [0, 0.05) is 6.20 Å². The number of amides is 1. The van der Waals surface area contributed by atoms with Gasteiger partial charge >= 0.3 is 0 Å². The Morgan fingerprint density at radius 1 is 1.04 bits per heavy atom. The molecule has 1 amide bonds. The van der Waals surface area contributed by atoms with Crippen LogP contribution in [0.2, 0.25) is 0 Å². The number of ether oxygens (including phenoxy) is 3. The lowest BCUT2D eigenvalue weighted by molar-refractivity contribution is 0.0935. The van der Waals surface area contributed by atoms with Crippen LogP contribution in [0.4, 0.5) is 0 Å². The quantitative estimate of drug-likeness (QED) is 0.739. The number of carbonyl (C=O) groups excluding carboxylic acids is 1. The molecule has 1 heterocycles. The Morgan fingerprint density at radius 2 is 1.73 bits per heavy atom. The van der Waals surface area contributed by atoms with Crippen molar-refractivity contribution in [1.29, 1.82) is 0 Å². The smallest absolute Gasteiger partial charge is 0.257 e. The van der Waals surface area contributed by atoms with Crippen LogP contribution in [0.15, 0.2) is 36.5 Å². The van der Waals surface area contributed by atoms with Gasteiger partial charge in [-0.1, -0.05) is 6.07 Å². The zero-order valence-electron chi connectivity index (χ0n) is 15.7. The second kappa shape index (κ2) is 9.65. The van der Waals surface area contributed by atoms with Crippen LogP contribution in [-0.2, 0) is 0 Å². The van der Waals surface area contributed by atoms with Crippen LogP contribution in [0.3, 0.4) is 0 Å². The van der Waals surface area contributed by atoms with Gasteiger partial charge in [-0.05, 0) is 57.5 Å². The Morgan fingerprint density at radius 3 is 2.42 bits per heavy atom. The summed E-state index contributed by atoms with van der Waals surface area (Å²) in [4.78, 5) is 16.7. The van der Waals surface area contributed by atoms with E-state index in [2.05, 4.69) is 10.3 Å². The van der Waals surface area contributed by atoms with Crippen LogP contribution in [-0.4, -0.2) is 30.7 Å². The van der Waals surface area contributed by atoms with Crippen LogP contribution >= 0.6 is 0 Å². The maximum Gasteiger partial charge on any atom is 0.257 e. The minimum absolute atomic E-state index is 0.216. The van der Waals surface area contributed by atoms with Crippen LogP contribution in [0.1, 0.15) is 49.7 Å². The first kappa shape index (κ1) is 19.6. The molecule has 0 aliphatic carbocycles. The molecule has 0 aliphatic rings. The van der Waals surface area contributed by atoms with Crippen LogP contribution in [0.25, 0.3) is 0 Å². The fourth-order valence-electron chi connectivity index (χ4n) is 2.51. The number of aromatic nitrogens is 1. The minimum atomic E-state index is -0.235. The maximum atomic E-state index is 12.6. The molecule has 0 bridgehead atoms. The number of pyridine rings is 1. The third kappa shape index (κ3) is 4.88. The van der Waals surface area contributed by atoms with E-state index in [1.54, 1.807) is 18.3 Å². The van der Waals surface area contributed by atoms with Gasteiger partial charge in [0.2, 0.25) is 5.88 Å². The summed E-state index contributed by atoms with van der Waals surface area (Å²) in [6, 6.07) is 8.88. The fraction of sp³-hybridized carbons (Fsp3) is 0.400. The number of carbonyl (C=O) groups is 1. The molecule has 1 atom stereocenters. The van der Waals surface area contributed by atoms with Crippen LogP contribution in [0.5, 0.6) is 17.4 Å². The van der Waals surface area contributed by atoms with Crippen LogP contribution in [0, 0.1) is 0 Å². The van der Waals surface area contributed by atoms with Gasteiger partial charge in [0.25, 0.3) is 5.91 Å². The van der Waals surface area contributed by atoms with Gasteiger partial charge in [0.1, 0.15) is 5.56 Å². The predicted molar refractivity (Wildman–Crippen MR) is 100 cm³/mol. The van der Waals surface area contributed by atoms with E-state index in [9.17, 15) is 4.79 Å². The molecule has 0 unspecified atom stereocenters. The van der Waals surface area contributed by atoms with Crippen LogP contribution < -0.4 is 19.5 Å². The number of hydrogen-bond acceptors (Lipinski definition) is 5. The van der Waals surface area contributed by atoms with E-state index in [4.69, 9.17) is 14.2 Å². The molecular formula is C20H26N2O4. The number of nitrogens with zero attached hydrogens (tertiary/aromatic N) is 1. The van der Waals surface area contributed by atoms with E-state index in [-0.39, 0.29) is 11.9 Å². The molecule has 0 saturated heterocycles. The topological polar surface area (TPSA) is 69.7 Å². The van der Waals surface area contributed by atoms with Gasteiger partial charge in [-0.3, -0.25) is 4.79 Å². The first-order chi connectivity index (χ1) is 12.6. The highest BCUT2D eigenvalue weighted by Crippen LogP contribution is 2.31. The molecule has 1 aromatic carbocycles. The van der Waals surface area contributed by atoms with Crippen molar-refractivity contribution in [2.24, 2.45) is 0 Å². The van der Waals surface area contributed by atoms with E-state index < -0.39 is 0 Å². The van der Waals surface area contributed by atoms with E-state index in [1.165, 1.54) is 0 Å². The Labute approximate surface area is 154 Å². The summed E-state index contributed by atoms with van der Waals surface area (Å²) in [7, 11) is 0. The summed E-state index contributed by atoms with van der Waals surface area (Å²) in [5.74, 6) is 1.47. The van der Waals surface area contributed by atoms with E-state index >= 15 is 0 Å². The monoisotopic (exact) mass is 358 g/mol. The summed E-state index contributed by atoms with van der Waals surface area (Å²) < 4.78 is 16.7.